The van der Waals surface area contributed by atoms with Crippen LogP contribution in [0.15, 0.2) is 48.5 Å². The van der Waals surface area contributed by atoms with Crippen LogP contribution in [0.2, 0.25) is 0 Å². The van der Waals surface area contributed by atoms with Gasteiger partial charge in [0.05, 0.1) is 0 Å². The zero-order valence-corrected chi connectivity index (χ0v) is 11.5. The molecule has 1 atom stereocenters. The van der Waals surface area contributed by atoms with Gasteiger partial charge in [0.1, 0.15) is 6.10 Å². The summed E-state index contributed by atoms with van der Waals surface area (Å²) < 4.78 is 0. The second-order valence-electron chi connectivity index (χ2n) is 5.17. The van der Waals surface area contributed by atoms with E-state index in [1.165, 1.54) is 5.56 Å². The first-order valence-electron chi connectivity index (χ1n) is 6.68. The van der Waals surface area contributed by atoms with Crippen molar-refractivity contribution in [2.75, 3.05) is 0 Å². The van der Waals surface area contributed by atoms with Gasteiger partial charge in [0.15, 0.2) is 0 Å². The molecule has 1 unspecified atom stereocenters. The van der Waals surface area contributed by atoms with Gasteiger partial charge in [-0.1, -0.05) is 62.4 Å². The van der Waals surface area contributed by atoms with Crippen LogP contribution in [-0.4, -0.2) is 5.11 Å². The molecule has 2 aromatic carbocycles. The summed E-state index contributed by atoms with van der Waals surface area (Å²) in [6.07, 6.45) is -0.590. The minimum atomic E-state index is -0.590. The number of rotatable bonds is 4. The molecule has 19 heavy (non-hydrogen) atoms. The first-order chi connectivity index (χ1) is 9.11. The molecule has 0 spiro atoms. The van der Waals surface area contributed by atoms with Crippen LogP contribution in [0.4, 0.5) is 0 Å². The molecule has 0 amide bonds. The Bertz CT molecular complexity index is 531. The van der Waals surface area contributed by atoms with Crippen LogP contribution < -0.4 is 5.73 Å². The van der Waals surface area contributed by atoms with Gasteiger partial charge in [0.2, 0.25) is 0 Å². The molecular formula is C17H21NO. The third kappa shape index (κ3) is 3.22. The van der Waals surface area contributed by atoms with Gasteiger partial charge in [-0.2, -0.15) is 0 Å². The third-order valence-corrected chi connectivity index (χ3v) is 3.42. The van der Waals surface area contributed by atoms with E-state index in [-0.39, 0.29) is 0 Å². The number of aliphatic hydroxyl groups is 1. The molecule has 2 rings (SSSR count). The highest BCUT2D eigenvalue weighted by Gasteiger charge is 2.11. The molecule has 2 nitrogen and oxygen atoms in total. The number of benzene rings is 2. The van der Waals surface area contributed by atoms with Gasteiger partial charge in [0, 0.05) is 6.54 Å². The van der Waals surface area contributed by atoms with E-state index in [1.54, 1.807) is 0 Å². The maximum atomic E-state index is 10.4. The summed E-state index contributed by atoms with van der Waals surface area (Å²) in [6.45, 7) is 4.82. The fourth-order valence-electron chi connectivity index (χ4n) is 2.15. The van der Waals surface area contributed by atoms with Crippen molar-refractivity contribution in [3.05, 3.63) is 70.8 Å². The van der Waals surface area contributed by atoms with Gasteiger partial charge in [0.25, 0.3) is 0 Å². The molecule has 100 valence electrons. The number of aliphatic hydroxyl groups excluding tert-OH is 1. The van der Waals surface area contributed by atoms with E-state index < -0.39 is 6.10 Å². The fourth-order valence-corrected chi connectivity index (χ4v) is 2.15. The SMILES string of the molecule is CC(C)c1ccc(C(O)c2cccc(CN)c2)cc1. The van der Waals surface area contributed by atoms with Crippen molar-refractivity contribution in [2.24, 2.45) is 5.73 Å². The molecule has 0 saturated heterocycles. The minimum absolute atomic E-state index is 0.493. The highest BCUT2D eigenvalue weighted by Crippen LogP contribution is 2.24. The highest BCUT2D eigenvalue weighted by molar-refractivity contribution is 5.34. The zero-order chi connectivity index (χ0) is 13.8. The van der Waals surface area contributed by atoms with Gasteiger partial charge in [-0.15, -0.1) is 0 Å². The molecule has 0 radical (unpaired) electrons. The van der Waals surface area contributed by atoms with Gasteiger partial charge in [-0.05, 0) is 28.2 Å². The Morgan fingerprint density at radius 3 is 2.16 bits per heavy atom. The molecule has 0 aromatic heterocycles. The van der Waals surface area contributed by atoms with Crippen LogP contribution in [0, 0.1) is 0 Å². The lowest BCUT2D eigenvalue weighted by Crippen LogP contribution is -2.03. The van der Waals surface area contributed by atoms with Crippen molar-refractivity contribution in [3.63, 3.8) is 0 Å². The largest absolute Gasteiger partial charge is 0.384 e. The molecule has 0 aliphatic rings. The molecule has 0 aliphatic heterocycles. The highest BCUT2D eigenvalue weighted by atomic mass is 16.3. The fraction of sp³-hybridized carbons (Fsp3) is 0.294. The normalized spacial score (nSPS) is 12.7. The standard InChI is InChI=1S/C17H21NO/c1-12(2)14-6-8-15(9-7-14)17(19)16-5-3-4-13(10-16)11-18/h3-10,12,17,19H,11,18H2,1-2H3. The van der Waals surface area contributed by atoms with Gasteiger partial charge >= 0.3 is 0 Å². The average Bonchev–Trinajstić information content (AvgIpc) is 2.46. The first kappa shape index (κ1) is 13.8. The van der Waals surface area contributed by atoms with Crippen LogP contribution in [-0.2, 0) is 6.54 Å². The molecular weight excluding hydrogens is 234 g/mol. The van der Waals surface area contributed by atoms with Crippen LogP contribution in [0.25, 0.3) is 0 Å². The summed E-state index contributed by atoms with van der Waals surface area (Å²) in [7, 11) is 0. The summed E-state index contributed by atoms with van der Waals surface area (Å²) in [5, 5.41) is 10.4. The topological polar surface area (TPSA) is 46.2 Å². The quantitative estimate of drug-likeness (QED) is 0.880. The first-order valence-corrected chi connectivity index (χ1v) is 6.68. The van der Waals surface area contributed by atoms with Crippen LogP contribution in [0.5, 0.6) is 0 Å². The Kier molecular flexibility index (Phi) is 4.35. The lowest BCUT2D eigenvalue weighted by molar-refractivity contribution is 0.220. The molecule has 3 N–H and O–H groups in total. The maximum absolute atomic E-state index is 10.4. The van der Waals surface area contributed by atoms with Gasteiger partial charge in [-0.25, -0.2) is 0 Å². The van der Waals surface area contributed by atoms with Gasteiger partial charge in [-0.3, -0.25) is 0 Å². The van der Waals surface area contributed by atoms with E-state index in [4.69, 9.17) is 5.73 Å². The maximum Gasteiger partial charge on any atom is 0.104 e. The monoisotopic (exact) mass is 255 g/mol. The Balaban J connectivity index is 2.25. The zero-order valence-electron chi connectivity index (χ0n) is 11.5. The Hall–Kier alpha value is -1.64. The molecule has 0 heterocycles. The minimum Gasteiger partial charge on any atom is -0.384 e. The Labute approximate surface area is 114 Å². The lowest BCUT2D eigenvalue weighted by Gasteiger charge is -2.14. The number of hydrogen-bond donors (Lipinski definition) is 2. The Morgan fingerprint density at radius 2 is 1.58 bits per heavy atom. The summed E-state index contributed by atoms with van der Waals surface area (Å²) in [5.74, 6) is 0.506. The van der Waals surface area contributed by atoms with Gasteiger partial charge < -0.3 is 10.8 Å². The van der Waals surface area contributed by atoms with Crippen molar-refractivity contribution >= 4 is 0 Å². The predicted octanol–water partition coefficient (Wildman–Crippen LogP) is 3.35. The van der Waals surface area contributed by atoms with Crippen molar-refractivity contribution in [3.8, 4) is 0 Å². The van der Waals surface area contributed by atoms with Crippen molar-refractivity contribution in [2.45, 2.75) is 32.4 Å². The predicted molar refractivity (Wildman–Crippen MR) is 78.9 cm³/mol. The summed E-state index contributed by atoms with van der Waals surface area (Å²) in [5.41, 5.74) is 9.75. The smallest absolute Gasteiger partial charge is 0.104 e. The van der Waals surface area contributed by atoms with E-state index in [1.807, 2.05) is 36.4 Å². The van der Waals surface area contributed by atoms with E-state index in [0.29, 0.717) is 12.5 Å². The van der Waals surface area contributed by atoms with Crippen molar-refractivity contribution in [1.82, 2.24) is 0 Å². The molecule has 0 aliphatic carbocycles. The summed E-state index contributed by atoms with van der Waals surface area (Å²) in [4.78, 5) is 0. The Morgan fingerprint density at radius 1 is 0.947 bits per heavy atom. The molecule has 0 saturated carbocycles. The van der Waals surface area contributed by atoms with E-state index in [0.717, 1.165) is 16.7 Å². The lowest BCUT2D eigenvalue weighted by atomic mass is 9.96. The van der Waals surface area contributed by atoms with Crippen molar-refractivity contribution < 1.29 is 5.11 Å². The average molecular weight is 255 g/mol. The molecule has 2 heteroatoms. The van der Waals surface area contributed by atoms with E-state index in [9.17, 15) is 5.11 Å². The summed E-state index contributed by atoms with van der Waals surface area (Å²) in [6, 6.07) is 15.9. The van der Waals surface area contributed by atoms with E-state index >= 15 is 0 Å². The third-order valence-electron chi connectivity index (χ3n) is 3.42. The second-order valence-corrected chi connectivity index (χ2v) is 5.17. The number of hydrogen-bond acceptors (Lipinski definition) is 2. The van der Waals surface area contributed by atoms with Crippen LogP contribution in [0.1, 0.15) is 48.1 Å². The summed E-state index contributed by atoms with van der Waals surface area (Å²) >= 11 is 0. The van der Waals surface area contributed by atoms with Crippen LogP contribution >= 0.6 is 0 Å². The van der Waals surface area contributed by atoms with Crippen LogP contribution in [0.3, 0.4) is 0 Å². The number of nitrogens with two attached hydrogens (primary N) is 1. The van der Waals surface area contributed by atoms with Crippen molar-refractivity contribution in [1.29, 1.82) is 0 Å². The molecule has 0 bridgehead atoms. The van der Waals surface area contributed by atoms with E-state index in [2.05, 4.69) is 26.0 Å². The molecule has 2 aromatic rings. The molecule has 0 fully saturated rings. The second kappa shape index (κ2) is 6.00.